The minimum absolute atomic E-state index is 0.435. The molecule has 2 amide bonds. The van der Waals surface area contributed by atoms with Gasteiger partial charge in [0.05, 0.1) is 7.11 Å². The van der Waals surface area contributed by atoms with Crippen LogP contribution >= 0.6 is 15.9 Å². The highest BCUT2D eigenvalue weighted by Gasteiger charge is 2.77. The molecule has 7 nitrogen and oxygen atoms in total. The Morgan fingerprint density at radius 3 is 2.37 bits per heavy atom. The first-order valence-corrected chi connectivity index (χ1v) is 11.8. The van der Waals surface area contributed by atoms with Crippen LogP contribution in [-0.2, 0) is 30.1 Å². The van der Waals surface area contributed by atoms with E-state index in [9.17, 15) is 18.8 Å². The molecule has 0 aliphatic carbocycles. The van der Waals surface area contributed by atoms with Gasteiger partial charge in [0.2, 0.25) is 5.91 Å². The van der Waals surface area contributed by atoms with Crippen LogP contribution in [0.2, 0.25) is 0 Å². The van der Waals surface area contributed by atoms with Crippen LogP contribution in [0, 0.1) is 5.82 Å². The number of carbonyl (C=O) groups excluding carboxylic acids is 3. The van der Waals surface area contributed by atoms with Crippen molar-refractivity contribution in [2.45, 2.75) is 22.9 Å². The average molecular weight is 536 g/mol. The Morgan fingerprint density at radius 1 is 0.943 bits per heavy atom. The molecule has 35 heavy (non-hydrogen) atoms. The Hall–Kier alpha value is -3.56. The van der Waals surface area contributed by atoms with Crippen LogP contribution in [0.15, 0.2) is 71.2 Å². The number of ether oxygens (including phenoxy) is 1. The van der Waals surface area contributed by atoms with Crippen LogP contribution in [0.5, 0.6) is 0 Å². The summed E-state index contributed by atoms with van der Waals surface area (Å²) >= 11 is 3.48. The molecule has 3 aliphatic rings. The number of benzene rings is 3. The van der Waals surface area contributed by atoms with Crippen molar-refractivity contribution < 1.29 is 23.5 Å². The van der Waals surface area contributed by atoms with Gasteiger partial charge in [-0.2, -0.15) is 0 Å². The fourth-order valence-electron chi connectivity index (χ4n) is 6.12. The lowest BCUT2D eigenvalue weighted by Gasteiger charge is -2.40. The van der Waals surface area contributed by atoms with E-state index in [1.54, 1.807) is 54.6 Å². The summed E-state index contributed by atoms with van der Waals surface area (Å²) in [7, 11) is 1.26. The third-order valence-corrected chi connectivity index (χ3v) is 7.87. The second-order valence-corrected chi connectivity index (χ2v) is 9.79. The second-order valence-electron chi connectivity index (χ2n) is 8.88. The molecule has 0 bridgehead atoms. The molecule has 3 aromatic rings. The quantitative estimate of drug-likeness (QED) is 0.436. The smallest absolute Gasteiger partial charge is 0.323 e. The van der Waals surface area contributed by atoms with E-state index < -0.39 is 46.5 Å². The van der Waals surface area contributed by atoms with Crippen molar-refractivity contribution in [2.75, 3.05) is 17.7 Å². The SMILES string of the molecule is COC(=O)[C@@H]1N[C@@]2(C(=O)Nc3ccc(Br)cc32)[C@]2(C(=O)Nc3ccccc32)[C@H]1c1ccc(F)cc1. The van der Waals surface area contributed by atoms with Crippen LogP contribution in [0.4, 0.5) is 15.8 Å². The van der Waals surface area contributed by atoms with Gasteiger partial charge in [-0.15, -0.1) is 0 Å². The zero-order chi connectivity index (χ0) is 24.5. The van der Waals surface area contributed by atoms with Crippen molar-refractivity contribution in [3.63, 3.8) is 0 Å². The number of carbonyl (C=O) groups is 3. The lowest BCUT2D eigenvalue weighted by atomic mass is 9.57. The zero-order valence-corrected chi connectivity index (χ0v) is 20.0. The molecular formula is C26H19BrFN3O4. The van der Waals surface area contributed by atoms with E-state index >= 15 is 0 Å². The number of fused-ring (bicyclic) bond motifs is 5. The van der Waals surface area contributed by atoms with Gasteiger partial charge in [-0.1, -0.05) is 46.3 Å². The first-order chi connectivity index (χ1) is 16.8. The molecule has 3 N–H and O–H groups in total. The molecule has 176 valence electrons. The molecular weight excluding hydrogens is 517 g/mol. The molecule has 2 spiro atoms. The van der Waals surface area contributed by atoms with Crippen LogP contribution < -0.4 is 16.0 Å². The summed E-state index contributed by atoms with van der Waals surface area (Å²) in [6.07, 6.45) is 0. The van der Waals surface area contributed by atoms with Crippen LogP contribution in [0.1, 0.15) is 22.6 Å². The highest BCUT2D eigenvalue weighted by molar-refractivity contribution is 9.10. The van der Waals surface area contributed by atoms with Gasteiger partial charge < -0.3 is 15.4 Å². The van der Waals surface area contributed by atoms with Gasteiger partial charge in [-0.3, -0.25) is 19.7 Å². The maximum Gasteiger partial charge on any atom is 0.323 e. The number of amides is 2. The molecule has 0 aromatic heterocycles. The third-order valence-electron chi connectivity index (χ3n) is 7.38. The lowest BCUT2D eigenvalue weighted by molar-refractivity contribution is -0.143. The van der Waals surface area contributed by atoms with Crippen LogP contribution in [0.3, 0.4) is 0 Å². The standard InChI is InChI=1S/C26H19BrFN3O4/c1-35-22(32)21-20(13-6-9-15(28)10-7-13)25(16-4-2-3-5-18(16)29-23(25)33)26(31-21)17-12-14(27)8-11-19(17)30-24(26)34/h2-12,20-21,31H,1H3,(H,29,33)(H,30,34)/t20-,21+,25-,26-/m0/s1. The van der Waals surface area contributed by atoms with Gasteiger partial charge in [0, 0.05) is 27.3 Å². The summed E-state index contributed by atoms with van der Waals surface area (Å²) in [6, 6.07) is 17.0. The van der Waals surface area contributed by atoms with E-state index in [2.05, 4.69) is 31.9 Å². The Bertz CT molecular complexity index is 1430. The van der Waals surface area contributed by atoms with Crippen molar-refractivity contribution in [1.29, 1.82) is 0 Å². The minimum Gasteiger partial charge on any atom is -0.468 e. The topological polar surface area (TPSA) is 96.5 Å². The second kappa shape index (κ2) is 7.47. The Balaban J connectivity index is 1.76. The zero-order valence-electron chi connectivity index (χ0n) is 18.4. The molecule has 6 rings (SSSR count). The fourth-order valence-corrected chi connectivity index (χ4v) is 6.48. The number of para-hydroxylation sites is 1. The molecule has 0 saturated carbocycles. The molecule has 3 aromatic carbocycles. The number of esters is 1. The Labute approximate surface area is 208 Å². The summed E-state index contributed by atoms with van der Waals surface area (Å²) in [5.74, 6) is -2.88. The fraction of sp³-hybridized carbons (Fsp3) is 0.192. The molecule has 1 saturated heterocycles. The summed E-state index contributed by atoms with van der Waals surface area (Å²) in [6.45, 7) is 0. The van der Waals surface area contributed by atoms with Gasteiger partial charge in [0.25, 0.3) is 5.91 Å². The number of nitrogens with one attached hydrogen (secondary N) is 3. The van der Waals surface area contributed by atoms with E-state index in [0.717, 1.165) is 0 Å². The predicted octanol–water partition coefficient (Wildman–Crippen LogP) is 3.55. The van der Waals surface area contributed by atoms with Gasteiger partial charge in [-0.25, -0.2) is 4.39 Å². The van der Waals surface area contributed by atoms with E-state index in [1.807, 2.05) is 0 Å². The Kier molecular flexibility index (Phi) is 4.68. The van der Waals surface area contributed by atoms with Crippen LogP contribution in [-0.4, -0.2) is 30.9 Å². The summed E-state index contributed by atoms with van der Waals surface area (Å²) in [5.41, 5.74) is -0.534. The Morgan fingerprint density at radius 2 is 1.63 bits per heavy atom. The van der Waals surface area contributed by atoms with E-state index in [0.29, 0.717) is 32.5 Å². The molecule has 3 heterocycles. The molecule has 9 heteroatoms. The average Bonchev–Trinajstić information content (AvgIpc) is 3.44. The number of hydrogen-bond donors (Lipinski definition) is 3. The van der Waals surface area contributed by atoms with Gasteiger partial charge in [0.15, 0.2) is 0 Å². The number of rotatable bonds is 2. The van der Waals surface area contributed by atoms with E-state index in [4.69, 9.17) is 4.74 Å². The van der Waals surface area contributed by atoms with Crippen molar-refractivity contribution in [3.05, 3.63) is 93.7 Å². The van der Waals surface area contributed by atoms with Gasteiger partial charge in [0.1, 0.15) is 22.8 Å². The summed E-state index contributed by atoms with van der Waals surface area (Å²) in [4.78, 5) is 41.4. The number of hydrogen-bond acceptors (Lipinski definition) is 5. The minimum atomic E-state index is -1.65. The first kappa shape index (κ1) is 21.9. The largest absolute Gasteiger partial charge is 0.468 e. The molecule has 3 aliphatic heterocycles. The third kappa shape index (κ3) is 2.65. The maximum absolute atomic E-state index is 14.2. The van der Waals surface area contributed by atoms with Crippen molar-refractivity contribution in [1.82, 2.24) is 5.32 Å². The van der Waals surface area contributed by atoms with Crippen molar-refractivity contribution >= 4 is 45.1 Å². The highest BCUT2D eigenvalue weighted by Crippen LogP contribution is 2.64. The maximum atomic E-state index is 14.2. The van der Waals surface area contributed by atoms with Crippen molar-refractivity contribution in [3.8, 4) is 0 Å². The highest BCUT2D eigenvalue weighted by atomic mass is 79.9. The van der Waals surface area contributed by atoms with E-state index in [1.165, 1.54) is 19.2 Å². The monoisotopic (exact) mass is 535 g/mol. The molecule has 0 unspecified atom stereocenters. The first-order valence-electron chi connectivity index (χ1n) is 11.0. The summed E-state index contributed by atoms with van der Waals surface area (Å²) < 4.78 is 19.8. The van der Waals surface area contributed by atoms with Crippen molar-refractivity contribution in [2.24, 2.45) is 0 Å². The molecule has 0 radical (unpaired) electrons. The normalized spacial score (nSPS) is 28.1. The lowest BCUT2D eigenvalue weighted by Crippen LogP contribution is -2.60. The number of anilines is 2. The van der Waals surface area contributed by atoms with E-state index in [-0.39, 0.29) is 0 Å². The van der Waals surface area contributed by atoms with Crippen LogP contribution in [0.25, 0.3) is 0 Å². The number of halogens is 2. The number of methoxy groups -OCH3 is 1. The predicted molar refractivity (Wildman–Crippen MR) is 129 cm³/mol. The van der Waals surface area contributed by atoms with Gasteiger partial charge >= 0.3 is 5.97 Å². The molecule has 1 fully saturated rings. The van der Waals surface area contributed by atoms with Gasteiger partial charge in [-0.05, 0) is 47.5 Å². The summed E-state index contributed by atoms with van der Waals surface area (Å²) in [5, 5.41) is 9.10. The molecule has 4 atom stereocenters.